The number of benzene rings is 1. The van der Waals surface area contributed by atoms with Gasteiger partial charge in [-0.3, -0.25) is 11.3 Å². The van der Waals surface area contributed by atoms with Gasteiger partial charge < -0.3 is 9.47 Å². The predicted molar refractivity (Wildman–Crippen MR) is 68.8 cm³/mol. The number of nitrogens with one attached hydrogen (secondary N) is 1. The summed E-state index contributed by atoms with van der Waals surface area (Å²) in [7, 11) is 1.71. The van der Waals surface area contributed by atoms with Crippen molar-refractivity contribution in [3.05, 3.63) is 29.8 Å². The molecule has 1 aromatic carbocycles. The minimum atomic E-state index is 0.105. The normalized spacial score (nSPS) is 12.4. The molecule has 0 fully saturated rings. The molecule has 17 heavy (non-hydrogen) atoms. The topological polar surface area (TPSA) is 56.5 Å². The number of rotatable bonds is 8. The van der Waals surface area contributed by atoms with Gasteiger partial charge in [0.05, 0.1) is 6.61 Å². The molecule has 0 heterocycles. The third-order valence-electron chi connectivity index (χ3n) is 2.64. The number of hydrogen-bond acceptors (Lipinski definition) is 4. The summed E-state index contributed by atoms with van der Waals surface area (Å²) in [6.07, 6.45) is 1.89. The molecule has 0 bridgehead atoms. The lowest BCUT2D eigenvalue weighted by Crippen LogP contribution is -2.28. The molecule has 0 saturated heterocycles. The molecule has 0 aliphatic heterocycles. The molecule has 0 aliphatic rings. The molecule has 3 N–H and O–H groups in total. The maximum atomic E-state index is 5.61. The van der Waals surface area contributed by atoms with Gasteiger partial charge in [0.2, 0.25) is 0 Å². The third kappa shape index (κ3) is 4.34. The van der Waals surface area contributed by atoms with Crippen LogP contribution in [-0.2, 0) is 4.74 Å². The summed E-state index contributed by atoms with van der Waals surface area (Å²) in [5.74, 6) is 6.50. The number of hydrogen-bond donors (Lipinski definition) is 2. The Hall–Kier alpha value is -1.10. The van der Waals surface area contributed by atoms with E-state index in [4.69, 9.17) is 15.3 Å². The van der Waals surface area contributed by atoms with Gasteiger partial charge in [-0.15, -0.1) is 0 Å². The molecule has 1 rings (SSSR count). The van der Waals surface area contributed by atoms with Crippen molar-refractivity contribution in [3.8, 4) is 5.75 Å². The lowest BCUT2D eigenvalue weighted by Gasteiger charge is -2.19. The van der Waals surface area contributed by atoms with Gasteiger partial charge in [0.1, 0.15) is 5.75 Å². The highest BCUT2D eigenvalue weighted by molar-refractivity contribution is 5.35. The van der Waals surface area contributed by atoms with Crippen molar-refractivity contribution in [3.63, 3.8) is 0 Å². The van der Waals surface area contributed by atoms with Crippen molar-refractivity contribution in [1.29, 1.82) is 0 Å². The minimum absolute atomic E-state index is 0.105. The molecule has 0 aliphatic carbocycles. The quantitative estimate of drug-likeness (QED) is 0.413. The summed E-state index contributed by atoms with van der Waals surface area (Å²) < 4.78 is 10.6. The summed E-state index contributed by atoms with van der Waals surface area (Å²) in [6, 6.07) is 8.09. The van der Waals surface area contributed by atoms with Crippen molar-refractivity contribution in [1.82, 2.24) is 5.43 Å². The van der Waals surface area contributed by atoms with E-state index in [-0.39, 0.29) is 6.04 Å². The first kappa shape index (κ1) is 14.0. The molecule has 4 heteroatoms. The number of ether oxygens (including phenoxy) is 2. The fraction of sp³-hybridized carbons (Fsp3) is 0.538. The van der Waals surface area contributed by atoms with Crippen LogP contribution in [0.4, 0.5) is 0 Å². The molecule has 4 nitrogen and oxygen atoms in total. The Kier molecular flexibility index (Phi) is 6.62. The lowest BCUT2D eigenvalue weighted by molar-refractivity contribution is 0.188. The molecule has 0 saturated carbocycles. The van der Waals surface area contributed by atoms with Gasteiger partial charge in [0.25, 0.3) is 0 Å². The van der Waals surface area contributed by atoms with Crippen LogP contribution >= 0.6 is 0 Å². The molecule has 1 unspecified atom stereocenters. The molecule has 0 aromatic heterocycles. The van der Waals surface area contributed by atoms with E-state index < -0.39 is 0 Å². The molecular weight excluding hydrogens is 216 g/mol. The van der Waals surface area contributed by atoms with E-state index in [1.807, 2.05) is 31.2 Å². The number of nitrogens with two attached hydrogens (primary N) is 1. The largest absolute Gasteiger partial charge is 0.494 e. The highest BCUT2D eigenvalue weighted by Gasteiger charge is 2.13. The van der Waals surface area contributed by atoms with E-state index in [0.717, 1.165) is 30.8 Å². The van der Waals surface area contributed by atoms with Crippen LogP contribution in [0.5, 0.6) is 5.75 Å². The van der Waals surface area contributed by atoms with E-state index in [0.29, 0.717) is 6.61 Å². The Morgan fingerprint density at radius 3 is 2.76 bits per heavy atom. The third-order valence-corrected chi connectivity index (χ3v) is 2.64. The second kappa shape index (κ2) is 8.06. The van der Waals surface area contributed by atoms with Crippen LogP contribution < -0.4 is 16.0 Å². The zero-order chi connectivity index (χ0) is 12.5. The first-order valence-electron chi connectivity index (χ1n) is 6.00. The molecular formula is C13H22N2O2. The number of methoxy groups -OCH3 is 1. The van der Waals surface area contributed by atoms with Crippen LogP contribution in [0.25, 0.3) is 0 Å². The zero-order valence-electron chi connectivity index (χ0n) is 10.6. The molecule has 0 spiro atoms. The van der Waals surface area contributed by atoms with E-state index in [2.05, 4.69) is 5.43 Å². The Bertz CT molecular complexity index is 318. The SMILES string of the molecule is CCOc1ccccc1C(CCCOC)NN. The molecule has 0 amide bonds. The van der Waals surface area contributed by atoms with Gasteiger partial charge in [-0.2, -0.15) is 0 Å². The number of para-hydroxylation sites is 1. The van der Waals surface area contributed by atoms with Crippen molar-refractivity contribution in [2.75, 3.05) is 20.3 Å². The number of hydrazine groups is 1. The van der Waals surface area contributed by atoms with Gasteiger partial charge in [-0.25, -0.2) is 0 Å². The summed E-state index contributed by atoms with van der Waals surface area (Å²) in [4.78, 5) is 0. The van der Waals surface area contributed by atoms with E-state index in [9.17, 15) is 0 Å². The fourth-order valence-corrected chi connectivity index (χ4v) is 1.82. The summed E-state index contributed by atoms with van der Waals surface area (Å²) in [5.41, 5.74) is 3.95. The Morgan fingerprint density at radius 1 is 1.35 bits per heavy atom. The first-order chi connectivity index (χ1) is 8.33. The minimum Gasteiger partial charge on any atom is -0.494 e. The van der Waals surface area contributed by atoms with Crippen LogP contribution in [0.1, 0.15) is 31.4 Å². The average molecular weight is 238 g/mol. The molecule has 96 valence electrons. The van der Waals surface area contributed by atoms with Crippen molar-refractivity contribution < 1.29 is 9.47 Å². The van der Waals surface area contributed by atoms with Gasteiger partial charge in [-0.05, 0) is 25.8 Å². The smallest absolute Gasteiger partial charge is 0.124 e. The molecule has 1 atom stereocenters. The van der Waals surface area contributed by atoms with Gasteiger partial charge >= 0.3 is 0 Å². The summed E-state index contributed by atoms with van der Waals surface area (Å²) >= 11 is 0. The van der Waals surface area contributed by atoms with Gasteiger partial charge in [0.15, 0.2) is 0 Å². The summed E-state index contributed by atoms with van der Waals surface area (Å²) in [5, 5.41) is 0. The van der Waals surface area contributed by atoms with E-state index in [1.54, 1.807) is 7.11 Å². The second-order valence-electron chi connectivity index (χ2n) is 3.83. The standard InChI is InChI=1S/C13H22N2O2/c1-3-17-13-9-5-4-7-11(13)12(15-14)8-6-10-16-2/h4-5,7,9,12,15H,3,6,8,10,14H2,1-2H3. The first-order valence-corrected chi connectivity index (χ1v) is 6.00. The van der Waals surface area contributed by atoms with E-state index in [1.165, 1.54) is 0 Å². The highest BCUT2D eigenvalue weighted by atomic mass is 16.5. The van der Waals surface area contributed by atoms with Crippen molar-refractivity contribution in [2.24, 2.45) is 5.84 Å². The maximum Gasteiger partial charge on any atom is 0.124 e. The van der Waals surface area contributed by atoms with Gasteiger partial charge in [-0.1, -0.05) is 18.2 Å². The molecule has 1 aromatic rings. The lowest BCUT2D eigenvalue weighted by atomic mass is 10.0. The maximum absolute atomic E-state index is 5.61. The Balaban J connectivity index is 2.72. The summed E-state index contributed by atoms with van der Waals surface area (Å²) in [6.45, 7) is 3.38. The van der Waals surface area contributed by atoms with Crippen LogP contribution in [0.15, 0.2) is 24.3 Å². The zero-order valence-corrected chi connectivity index (χ0v) is 10.6. The van der Waals surface area contributed by atoms with Crippen LogP contribution in [0.2, 0.25) is 0 Å². The van der Waals surface area contributed by atoms with Crippen molar-refractivity contribution in [2.45, 2.75) is 25.8 Å². The monoisotopic (exact) mass is 238 g/mol. The van der Waals surface area contributed by atoms with Crippen LogP contribution in [0, 0.1) is 0 Å². The van der Waals surface area contributed by atoms with Crippen LogP contribution in [-0.4, -0.2) is 20.3 Å². The Morgan fingerprint density at radius 2 is 2.12 bits per heavy atom. The molecule has 0 radical (unpaired) electrons. The average Bonchev–Trinajstić information content (AvgIpc) is 2.36. The van der Waals surface area contributed by atoms with Crippen molar-refractivity contribution >= 4 is 0 Å². The van der Waals surface area contributed by atoms with Gasteiger partial charge in [0, 0.05) is 25.3 Å². The second-order valence-corrected chi connectivity index (χ2v) is 3.83. The van der Waals surface area contributed by atoms with E-state index >= 15 is 0 Å². The fourth-order valence-electron chi connectivity index (χ4n) is 1.82. The Labute approximate surface area is 103 Å². The highest BCUT2D eigenvalue weighted by Crippen LogP contribution is 2.27. The predicted octanol–water partition coefficient (Wildman–Crippen LogP) is 2.02. The van der Waals surface area contributed by atoms with Crippen LogP contribution in [0.3, 0.4) is 0 Å².